The van der Waals surface area contributed by atoms with E-state index in [1.54, 1.807) is 19.1 Å². The number of aromatic hydroxyl groups is 1. The normalized spacial score (nSPS) is 11.3. The minimum Gasteiger partial charge on any atom is -0.508 e. The van der Waals surface area contributed by atoms with Gasteiger partial charge in [-0.3, -0.25) is 0 Å². The zero-order chi connectivity index (χ0) is 13.7. The number of rotatable bonds is 0. The Balaban J connectivity index is 2.68. The molecule has 0 unspecified atom stereocenters. The predicted octanol–water partition coefficient (Wildman–Crippen LogP) is 3.58. The van der Waals surface area contributed by atoms with Crippen molar-refractivity contribution in [1.82, 2.24) is 0 Å². The number of hydrogen-bond acceptors (Lipinski definition) is 3. The maximum atomic E-state index is 12.1. The molecule has 1 aromatic heterocycles. The standard InChI is InChI=1S/C16H14O3/c1-8-6-9(2)14-11-4-5-12(17)10(3)15(11)16(18)19-13(14)7-8/h4-7,17H,1-3H3. The quantitative estimate of drug-likeness (QED) is 0.493. The lowest BCUT2D eigenvalue weighted by Gasteiger charge is -2.09. The molecule has 0 spiro atoms. The summed E-state index contributed by atoms with van der Waals surface area (Å²) in [6.45, 7) is 5.69. The Morgan fingerprint density at radius 2 is 1.79 bits per heavy atom. The van der Waals surface area contributed by atoms with Crippen LogP contribution in [0.3, 0.4) is 0 Å². The van der Waals surface area contributed by atoms with E-state index in [0.717, 1.165) is 21.9 Å². The Bertz CT molecular complexity index is 873. The first-order valence-electron chi connectivity index (χ1n) is 6.15. The molecule has 0 aliphatic carbocycles. The van der Waals surface area contributed by atoms with Gasteiger partial charge in [-0.05, 0) is 50.1 Å². The van der Waals surface area contributed by atoms with Crippen molar-refractivity contribution >= 4 is 21.7 Å². The van der Waals surface area contributed by atoms with Crippen LogP contribution in [0, 0.1) is 20.8 Å². The molecule has 0 amide bonds. The molecule has 96 valence electrons. The maximum Gasteiger partial charge on any atom is 0.344 e. The van der Waals surface area contributed by atoms with Crippen molar-refractivity contribution in [1.29, 1.82) is 0 Å². The van der Waals surface area contributed by atoms with Crippen LogP contribution < -0.4 is 5.63 Å². The van der Waals surface area contributed by atoms with Crippen LogP contribution in [0.15, 0.2) is 33.5 Å². The van der Waals surface area contributed by atoms with Crippen LogP contribution in [0.1, 0.15) is 16.7 Å². The first kappa shape index (κ1) is 11.8. The summed E-state index contributed by atoms with van der Waals surface area (Å²) in [4.78, 5) is 12.1. The number of hydrogen-bond donors (Lipinski definition) is 1. The van der Waals surface area contributed by atoms with Crippen LogP contribution in [-0.2, 0) is 0 Å². The highest BCUT2D eigenvalue weighted by molar-refractivity contribution is 6.07. The van der Waals surface area contributed by atoms with Gasteiger partial charge >= 0.3 is 5.63 Å². The van der Waals surface area contributed by atoms with Crippen LogP contribution in [0.5, 0.6) is 5.75 Å². The van der Waals surface area contributed by atoms with Crippen molar-refractivity contribution in [3.8, 4) is 5.75 Å². The molecule has 0 bridgehead atoms. The van der Waals surface area contributed by atoms with E-state index in [4.69, 9.17) is 4.42 Å². The van der Waals surface area contributed by atoms with Gasteiger partial charge in [-0.1, -0.05) is 6.07 Å². The molecular formula is C16H14O3. The molecule has 0 atom stereocenters. The lowest BCUT2D eigenvalue weighted by molar-refractivity contribution is 0.471. The van der Waals surface area contributed by atoms with Crippen LogP contribution in [-0.4, -0.2) is 5.11 Å². The Hall–Kier alpha value is -2.29. The zero-order valence-corrected chi connectivity index (χ0v) is 11.1. The number of phenols is 1. The number of aryl methyl sites for hydroxylation is 3. The second kappa shape index (κ2) is 3.85. The molecule has 1 N–H and O–H groups in total. The molecule has 3 nitrogen and oxygen atoms in total. The molecule has 0 aliphatic heterocycles. The molecular weight excluding hydrogens is 240 g/mol. The van der Waals surface area contributed by atoms with Crippen molar-refractivity contribution in [2.45, 2.75) is 20.8 Å². The highest BCUT2D eigenvalue weighted by atomic mass is 16.4. The van der Waals surface area contributed by atoms with Gasteiger partial charge in [-0.15, -0.1) is 0 Å². The van der Waals surface area contributed by atoms with Crippen LogP contribution >= 0.6 is 0 Å². The minimum absolute atomic E-state index is 0.115. The average Bonchev–Trinajstić information content (AvgIpc) is 2.32. The highest BCUT2D eigenvalue weighted by Gasteiger charge is 2.13. The second-order valence-corrected chi connectivity index (χ2v) is 4.98. The Morgan fingerprint density at radius 3 is 2.53 bits per heavy atom. The van der Waals surface area contributed by atoms with E-state index in [-0.39, 0.29) is 5.75 Å². The molecule has 0 aliphatic rings. The van der Waals surface area contributed by atoms with E-state index in [0.29, 0.717) is 16.5 Å². The monoisotopic (exact) mass is 254 g/mol. The summed E-state index contributed by atoms with van der Waals surface area (Å²) in [5.74, 6) is 0.115. The number of phenolic OH excluding ortho intramolecular Hbond substituents is 1. The van der Waals surface area contributed by atoms with E-state index in [9.17, 15) is 9.90 Å². The molecule has 0 saturated heterocycles. The van der Waals surface area contributed by atoms with Crippen LogP contribution in [0.25, 0.3) is 21.7 Å². The summed E-state index contributed by atoms with van der Waals surface area (Å²) < 4.78 is 5.41. The predicted molar refractivity (Wildman–Crippen MR) is 75.9 cm³/mol. The SMILES string of the molecule is Cc1cc(C)c2c(c1)oc(=O)c1c(C)c(O)ccc12. The van der Waals surface area contributed by atoms with Gasteiger partial charge in [-0.25, -0.2) is 4.79 Å². The second-order valence-electron chi connectivity index (χ2n) is 4.98. The minimum atomic E-state index is -0.402. The Morgan fingerprint density at radius 1 is 1.05 bits per heavy atom. The Labute approximate surface area is 110 Å². The van der Waals surface area contributed by atoms with Crippen LogP contribution in [0.4, 0.5) is 0 Å². The summed E-state index contributed by atoms with van der Waals surface area (Å²) in [5, 5.41) is 12.0. The number of benzene rings is 2. The van der Waals surface area contributed by atoms with E-state index in [2.05, 4.69) is 6.07 Å². The zero-order valence-electron chi connectivity index (χ0n) is 11.1. The molecule has 19 heavy (non-hydrogen) atoms. The van der Waals surface area contributed by atoms with E-state index in [1.165, 1.54) is 0 Å². The summed E-state index contributed by atoms with van der Waals surface area (Å²) in [6, 6.07) is 7.32. The molecule has 0 radical (unpaired) electrons. The Kier molecular flexibility index (Phi) is 2.39. The van der Waals surface area contributed by atoms with Crippen molar-refractivity contribution in [2.75, 3.05) is 0 Å². The highest BCUT2D eigenvalue weighted by Crippen LogP contribution is 2.31. The lowest BCUT2D eigenvalue weighted by Crippen LogP contribution is -2.03. The van der Waals surface area contributed by atoms with Gasteiger partial charge in [0, 0.05) is 16.3 Å². The third kappa shape index (κ3) is 1.62. The van der Waals surface area contributed by atoms with Gasteiger partial charge in [0.1, 0.15) is 11.3 Å². The van der Waals surface area contributed by atoms with E-state index in [1.807, 2.05) is 19.9 Å². The third-order valence-electron chi connectivity index (χ3n) is 3.56. The van der Waals surface area contributed by atoms with Gasteiger partial charge in [0.25, 0.3) is 0 Å². The summed E-state index contributed by atoms with van der Waals surface area (Å²) in [6.07, 6.45) is 0. The largest absolute Gasteiger partial charge is 0.508 e. The van der Waals surface area contributed by atoms with E-state index >= 15 is 0 Å². The first-order valence-corrected chi connectivity index (χ1v) is 6.15. The van der Waals surface area contributed by atoms with Gasteiger partial charge < -0.3 is 9.52 Å². The van der Waals surface area contributed by atoms with Crippen molar-refractivity contribution in [3.63, 3.8) is 0 Å². The molecule has 3 rings (SSSR count). The van der Waals surface area contributed by atoms with Crippen LogP contribution in [0.2, 0.25) is 0 Å². The summed E-state index contributed by atoms with van der Waals surface area (Å²) >= 11 is 0. The fourth-order valence-electron chi connectivity index (χ4n) is 2.68. The van der Waals surface area contributed by atoms with Gasteiger partial charge in [-0.2, -0.15) is 0 Å². The fourth-order valence-corrected chi connectivity index (χ4v) is 2.68. The fraction of sp³-hybridized carbons (Fsp3) is 0.188. The molecule has 0 saturated carbocycles. The van der Waals surface area contributed by atoms with Gasteiger partial charge in [0.05, 0.1) is 5.39 Å². The third-order valence-corrected chi connectivity index (χ3v) is 3.56. The van der Waals surface area contributed by atoms with E-state index < -0.39 is 5.63 Å². The molecule has 3 aromatic rings. The maximum absolute atomic E-state index is 12.1. The number of fused-ring (bicyclic) bond motifs is 3. The molecule has 0 fully saturated rings. The topological polar surface area (TPSA) is 50.4 Å². The lowest BCUT2D eigenvalue weighted by atomic mass is 9.99. The van der Waals surface area contributed by atoms with Crippen molar-refractivity contribution in [3.05, 3.63) is 51.4 Å². The van der Waals surface area contributed by atoms with Crippen molar-refractivity contribution < 1.29 is 9.52 Å². The summed E-state index contributed by atoms with van der Waals surface area (Å²) in [7, 11) is 0. The van der Waals surface area contributed by atoms with Gasteiger partial charge in [0.2, 0.25) is 0 Å². The first-order chi connectivity index (χ1) is 8.99. The molecule has 1 heterocycles. The molecule has 2 aromatic carbocycles. The van der Waals surface area contributed by atoms with Gasteiger partial charge in [0.15, 0.2) is 0 Å². The molecule has 3 heteroatoms. The van der Waals surface area contributed by atoms with Crippen molar-refractivity contribution in [2.24, 2.45) is 0 Å². The summed E-state index contributed by atoms with van der Waals surface area (Å²) in [5.41, 5.74) is 2.88. The smallest absolute Gasteiger partial charge is 0.344 e. The average molecular weight is 254 g/mol.